The lowest BCUT2D eigenvalue weighted by Crippen LogP contribution is -2.52. The van der Waals surface area contributed by atoms with E-state index in [-0.39, 0.29) is 18.0 Å². The molecule has 0 bridgehead atoms. The molecule has 1 aromatic carbocycles. The summed E-state index contributed by atoms with van der Waals surface area (Å²) in [5.74, 6) is 0.0545. The first-order valence-electron chi connectivity index (χ1n) is 8.58. The number of hydrogen-bond acceptors (Lipinski definition) is 2. The molecule has 1 aromatic heterocycles. The number of nitrogens with one attached hydrogen (secondary N) is 2. The SMILES string of the molecule is CC(=O)N1CCC[C@@H](N(C)C(=O)NCc2cc3cc(Cl)c(Cl)cc3[nH]2)C1. The Morgan fingerprint density at radius 1 is 1.31 bits per heavy atom. The largest absolute Gasteiger partial charge is 0.357 e. The Morgan fingerprint density at radius 3 is 2.77 bits per heavy atom. The van der Waals surface area contributed by atoms with Crippen molar-refractivity contribution in [1.82, 2.24) is 20.1 Å². The molecular formula is C18H22Cl2N4O2. The van der Waals surface area contributed by atoms with Crippen LogP contribution in [0.3, 0.4) is 0 Å². The number of urea groups is 1. The normalized spacial score (nSPS) is 17.4. The van der Waals surface area contributed by atoms with Crippen LogP contribution < -0.4 is 5.32 Å². The highest BCUT2D eigenvalue weighted by Gasteiger charge is 2.27. The van der Waals surface area contributed by atoms with Crippen LogP contribution in [0, 0.1) is 0 Å². The Kier molecular flexibility index (Phi) is 5.63. The number of amides is 3. The van der Waals surface area contributed by atoms with Crippen molar-refractivity contribution >= 4 is 46.0 Å². The highest BCUT2D eigenvalue weighted by atomic mass is 35.5. The van der Waals surface area contributed by atoms with E-state index in [1.807, 2.05) is 6.07 Å². The Hall–Kier alpha value is -1.92. The number of rotatable bonds is 3. The summed E-state index contributed by atoms with van der Waals surface area (Å²) in [5, 5.41) is 4.85. The third kappa shape index (κ3) is 4.07. The molecule has 0 radical (unpaired) electrons. The summed E-state index contributed by atoms with van der Waals surface area (Å²) in [6.07, 6.45) is 1.81. The molecular weight excluding hydrogens is 375 g/mol. The first-order chi connectivity index (χ1) is 12.3. The van der Waals surface area contributed by atoms with Crippen molar-refractivity contribution in [2.75, 3.05) is 20.1 Å². The Balaban J connectivity index is 1.60. The van der Waals surface area contributed by atoms with Gasteiger partial charge in [-0.2, -0.15) is 0 Å². The van der Waals surface area contributed by atoms with E-state index in [0.717, 1.165) is 36.0 Å². The second-order valence-corrected chi connectivity index (χ2v) is 7.49. The van der Waals surface area contributed by atoms with E-state index in [9.17, 15) is 9.59 Å². The lowest BCUT2D eigenvalue weighted by Gasteiger charge is -2.37. The minimum absolute atomic E-state index is 0.0352. The number of fused-ring (bicyclic) bond motifs is 1. The molecule has 3 rings (SSSR count). The lowest BCUT2D eigenvalue weighted by molar-refractivity contribution is -0.130. The van der Waals surface area contributed by atoms with E-state index in [4.69, 9.17) is 23.2 Å². The molecule has 8 heteroatoms. The van der Waals surface area contributed by atoms with E-state index in [1.165, 1.54) is 0 Å². The number of benzene rings is 1. The number of carbonyl (C=O) groups excluding carboxylic acids is 2. The molecule has 0 saturated carbocycles. The van der Waals surface area contributed by atoms with Crippen molar-refractivity contribution in [2.24, 2.45) is 0 Å². The Labute approximate surface area is 162 Å². The van der Waals surface area contributed by atoms with E-state index in [2.05, 4.69) is 10.3 Å². The summed E-state index contributed by atoms with van der Waals surface area (Å²) in [7, 11) is 1.77. The second-order valence-electron chi connectivity index (χ2n) is 6.68. The van der Waals surface area contributed by atoms with Gasteiger partial charge in [0, 0.05) is 43.7 Å². The maximum absolute atomic E-state index is 12.5. The lowest BCUT2D eigenvalue weighted by atomic mass is 10.0. The Morgan fingerprint density at radius 2 is 2.04 bits per heavy atom. The van der Waals surface area contributed by atoms with Gasteiger partial charge in [-0.3, -0.25) is 4.79 Å². The number of H-pyrrole nitrogens is 1. The number of carbonyl (C=O) groups is 2. The van der Waals surface area contributed by atoms with Crippen LogP contribution in [0.15, 0.2) is 18.2 Å². The van der Waals surface area contributed by atoms with Crippen molar-refractivity contribution in [3.05, 3.63) is 33.9 Å². The third-order valence-electron chi connectivity index (χ3n) is 4.86. The van der Waals surface area contributed by atoms with Gasteiger partial charge in [0.05, 0.1) is 22.6 Å². The first-order valence-corrected chi connectivity index (χ1v) is 9.33. The standard InChI is InChI=1S/C18H22Cl2N4O2/c1-11(25)24-5-3-4-14(10-24)23(2)18(26)21-9-13-6-12-7-15(19)16(20)8-17(12)22-13/h6-8,14,22H,3-5,9-10H2,1-2H3,(H,21,26)/t14-/m1/s1. The minimum atomic E-state index is -0.157. The number of aromatic amines is 1. The topological polar surface area (TPSA) is 68.4 Å². The molecule has 0 spiro atoms. The fourth-order valence-corrected chi connectivity index (χ4v) is 3.64. The summed E-state index contributed by atoms with van der Waals surface area (Å²) < 4.78 is 0. The van der Waals surface area contributed by atoms with Gasteiger partial charge in [0.25, 0.3) is 0 Å². The van der Waals surface area contributed by atoms with Crippen LogP contribution in [0.25, 0.3) is 10.9 Å². The first kappa shape index (κ1) is 18.9. The molecule has 140 valence electrons. The average molecular weight is 397 g/mol. The smallest absolute Gasteiger partial charge is 0.317 e. The van der Waals surface area contributed by atoms with Crippen LogP contribution in [0.2, 0.25) is 10.0 Å². The molecule has 1 aliphatic heterocycles. The van der Waals surface area contributed by atoms with Crippen LogP contribution in [0.1, 0.15) is 25.5 Å². The van der Waals surface area contributed by atoms with Crippen molar-refractivity contribution < 1.29 is 9.59 Å². The molecule has 6 nitrogen and oxygen atoms in total. The molecule has 2 N–H and O–H groups in total. The average Bonchev–Trinajstić information content (AvgIpc) is 3.01. The predicted octanol–water partition coefficient (Wildman–Crippen LogP) is 3.63. The molecule has 1 fully saturated rings. The molecule has 1 saturated heterocycles. The molecule has 2 aromatic rings. The number of hydrogen-bond donors (Lipinski definition) is 2. The maximum Gasteiger partial charge on any atom is 0.317 e. The van der Waals surface area contributed by atoms with E-state index < -0.39 is 0 Å². The number of nitrogens with zero attached hydrogens (tertiary/aromatic N) is 2. The maximum atomic E-state index is 12.5. The second kappa shape index (κ2) is 7.76. The van der Waals surface area contributed by atoms with Gasteiger partial charge in [0.2, 0.25) is 5.91 Å². The molecule has 1 atom stereocenters. The highest BCUT2D eigenvalue weighted by molar-refractivity contribution is 6.42. The summed E-state index contributed by atoms with van der Waals surface area (Å²) in [5.41, 5.74) is 1.75. The zero-order valence-electron chi connectivity index (χ0n) is 14.8. The zero-order chi connectivity index (χ0) is 18.8. The van der Waals surface area contributed by atoms with E-state index >= 15 is 0 Å². The van der Waals surface area contributed by atoms with Gasteiger partial charge in [-0.05, 0) is 31.0 Å². The number of likely N-dealkylation sites (N-methyl/N-ethyl adjacent to an activating group) is 1. The highest BCUT2D eigenvalue weighted by Crippen LogP contribution is 2.28. The summed E-state index contributed by atoms with van der Waals surface area (Å²) >= 11 is 12.1. The van der Waals surface area contributed by atoms with Crippen molar-refractivity contribution in [3.8, 4) is 0 Å². The van der Waals surface area contributed by atoms with E-state index in [1.54, 1.807) is 35.9 Å². The van der Waals surface area contributed by atoms with Gasteiger partial charge in [-0.1, -0.05) is 23.2 Å². The summed E-state index contributed by atoms with van der Waals surface area (Å²) in [6, 6.07) is 5.39. The molecule has 0 aliphatic carbocycles. The van der Waals surface area contributed by atoms with E-state index in [0.29, 0.717) is 23.1 Å². The van der Waals surface area contributed by atoms with Gasteiger partial charge in [0.1, 0.15) is 0 Å². The monoisotopic (exact) mass is 396 g/mol. The molecule has 1 aliphatic rings. The van der Waals surface area contributed by atoms with Crippen molar-refractivity contribution in [3.63, 3.8) is 0 Å². The quantitative estimate of drug-likeness (QED) is 0.831. The summed E-state index contributed by atoms with van der Waals surface area (Å²) in [6.45, 7) is 3.29. The fourth-order valence-electron chi connectivity index (χ4n) is 3.30. The van der Waals surface area contributed by atoms with Gasteiger partial charge < -0.3 is 20.1 Å². The number of piperidine rings is 1. The number of aromatic nitrogens is 1. The predicted molar refractivity (Wildman–Crippen MR) is 104 cm³/mol. The van der Waals surface area contributed by atoms with Crippen LogP contribution in [0.5, 0.6) is 0 Å². The Bertz CT molecular complexity index is 797. The third-order valence-corrected chi connectivity index (χ3v) is 5.58. The van der Waals surface area contributed by atoms with Gasteiger partial charge in [-0.25, -0.2) is 4.79 Å². The van der Waals surface area contributed by atoms with Crippen molar-refractivity contribution in [2.45, 2.75) is 32.4 Å². The van der Waals surface area contributed by atoms with Crippen LogP contribution >= 0.6 is 23.2 Å². The molecule has 0 unspecified atom stereocenters. The van der Waals surface area contributed by atoms with Gasteiger partial charge in [0.15, 0.2) is 0 Å². The summed E-state index contributed by atoms with van der Waals surface area (Å²) in [4.78, 5) is 30.7. The van der Waals surface area contributed by atoms with Crippen LogP contribution in [-0.2, 0) is 11.3 Å². The molecule has 2 heterocycles. The molecule has 3 amide bonds. The minimum Gasteiger partial charge on any atom is -0.357 e. The van der Waals surface area contributed by atoms with Gasteiger partial charge >= 0.3 is 6.03 Å². The molecule has 26 heavy (non-hydrogen) atoms. The van der Waals surface area contributed by atoms with Crippen LogP contribution in [0.4, 0.5) is 4.79 Å². The van der Waals surface area contributed by atoms with Gasteiger partial charge in [-0.15, -0.1) is 0 Å². The van der Waals surface area contributed by atoms with Crippen molar-refractivity contribution in [1.29, 1.82) is 0 Å². The number of likely N-dealkylation sites (tertiary alicyclic amines) is 1. The fraction of sp³-hybridized carbons (Fsp3) is 0.444. The number of halogens is 2. The van der Waals surface area contributed by atoms with Crippen LogP contribution in [-0.4, -0.2) is 52.9 Å². The zero-order valence-corrected chi connectivity index (χ0v) is 16.3.